The Hall–Kier alpha value is -2.47. The molecule has 0 unspecified atom stereocenters. The Kier molecular flexibility index (Phi) is 5.16. The molecule has 0 saturated carbocycles. The molecule has 0 atom stereocenters. The maximum absolute atomic E-state index is 12.1. The molecule has 1 amide bonds. The minimum atomic E-state index is -0.180. The van der Waals surface area contributed by atoms with Crippen LogP contribution >= 0.6 is 0 Å². The highest BCUT2D eigenvalue weighted by atomic mass is 16.5. The molecule has 6 heteroatoms. The van der Waals surface area contributed by atoms with E-state index < -0.39 is 0 Å². The zero-order chi connectivity index (χ0) is 15.9. The van der Waals surface area contributed by atoms with E-state index in [1.165, 1.54) is 6.20 Å². The van der Waals surface area contributed by atoms with Crippen LogP contribution in [-0.2, 0) is 11.3 Å². The number of pyridine rings is 2. The highest BCUT2D eigenvalue weighted by Crippen LogP contribution is 2.16. The van der Waals surface area contributed by atoms with Crippen LogP contribution in [0.2, 0.25) is 0 Å². The normalized spacial score (nSPS) is 15.1. The second-order valence-corrected chi connectivity index (χ2v) is 5.32. The van der Waals surface area contributed by atoms with Gasteiger partial charge in [0, 0.05) is 31.3 Å². The SMILES string of the molecule is O=C(NCc1ccccn1)c1ccc(OC2CCOCC2)nc1. The largest absolute Gasteiger partial charge is 0.474 e. The van der Waals surface area contributed by atoms with E-state index in [1.54, 1.807) is 18.3 Å². The Morgan fingerprint density at radius 3 is 2.78 bits per heavy atom. The third kappa shape index (κ3) is 4.50. The number of rotatable bonds is 5. The highest BCUT2D eigenvalue weighted by Gasteiger charge is 2.16. The van der Waals surface area contributed by atoms with Crippen LogP contribution in [0.4, 0.5) is 0 Å². The first kappa shape index (κ1) is 15.4. The number of nitrogens with zero attached hydrogens (tertiary/aromatic N) is 2. The van der Waals surface area contributed by atoms with E-state index in [2.05, 4.69) is 15.3 Å². The number of hydrogen-bond donors (Lipinski definition) is 1. The van der Waals surface area contributed by atoms with Crippen molar-refractivity contribution in [3.8, 4) is 5.88 Å². The Labute approximate surface area is 134 Å². The summed E-state index contributed by atoms with van der Waals surface area (Å²) in [7, 11) is 0. The smallest absolute Gasteiger partial charge is 0.253 e. The lowest BCUT2D eigenvalue weighted by molar-refractivity contribution is 0.0237. The number of nitrogens with one attached hydrogen (secondary N) is 1. The molecule has 0 spiro atoms. The van der Waals surface area contributed by atoms with Gasteiger partial charge in [-0.25, -0.2) is 4.98 Å². The van der Waals surface area contributed by atoms with Crippen molar-refractivity contribution >= 4 is 5.91 Å². The summed E-state index contributed by atoms with van der Waals surface area (Å²) in [4.78, 5) is 20.5. The zero-order valence-electron chi connectivity index (χ0n) is 12.8. The summed E-state index contributed by atoms with van der Waals surface area (Å²) in [5.41, 5.74) is 1.31. The van der Waals surface area contributed by atoms with Crippen molar-refractivity contribution in [1.29, 1.82) is 0 Å². The van der Waals surface area contributed by atoms with Crippen molar-refractivity contribution in [3.05, 3.63) is 54.0 Å². The van der Waals surface area contributed by atoms with Crippen molar-refractivity contribution in [2.75, 3.05) is 13.2 Å². The van der Waals surface area contributed by atoms with Crippen molar-refractivity contribution in [1.82, 2.24) is 15.3 Å². The lowest BCUT2D eigenvalue weighted by Gasteiger charge is -2.22. The first-order valence-electron chi connectivity index (χ1n) is 7.70. The van der Waals surface area contributed by atoms with Crippen molar-refractivity contribution in [3.63, 3.8) is 0 Å². The van der Waals surface area contributed by atoms with Gasteiger partial charge in [-0.1, -0.05) is 6.07 Å². The average Bonchev–Trinajstić information content (AvgIpc) is 2.62. The fourth-order valence-electron chi connectivity index (χ4n) is 2.32. The molecule has 1 aliphatic heterocycles. The second kappa shape index (κ2) is 7.69. The molecule has 1 aliphatic rings. The first-order chi connectivity index (χ1) is 11.3. The lowest BCUT2D eigenvalue weighted by atomic mass is 10.1. The van der Waals surface area contributed by atoms with Gasteiger partial charge in [-0.15, -0.1) is 0 Å². The van der Waals surface area contributed by atoms with Gasteiger partial charge >= 0.3 is 0 Å². The Bertz CT molecular complexity index is 625. The molecular formula is C17H19N3O3. The summed E-state index contributed by atoms with van der Waals surface area (Å²) in [6.45, 7) is 1.83. The van der Waals surface area contributed by atoms with Gasteiger partial charge in [0.05, 0.1) is 31.0 Å². The fraction of sp³-hybridized carbons (Fsp3) is 0.353. The predicted molar refractivity (Wildman–Crippen MR) is 84.1 cm³/mol. The maximum atomic E-state index is 12.1. The van der Waals surface area contributed by atoms with Gasteiger partial charge in [0.1, 0.15) is 6.10 Å². The van der Waals surface area contributed by atoms with Crippen LogP contribution in [0.15, 0.2) is 42.7 Å². The summed E-state index contributed by atoms with van der Waals surface area (Å²) in [5.74, 6) is 0.360. The molecule has 0 radical (unpaired) electrons. The van der Waals surface area contributed by atoms with Crippen molar-refractivity contribution in [2.24, 2.45) is 0 Å². The van der Waals surface area contributed by atoms with Crippen LogP contribution in [0.1, 0.15) is 28.9 Å². The molecule has 1 N–H and O–H groups in total. The summed E-state index contributed by atoms with van der Waals surface area (Å²) >= 11 is 0. The number of carbonyl (C=O) groups is 1. The summed E-state index contributed by atoms with van der Waals surface area (Å²) < 4.78 is 11.1. The van der Waals surface area contributed by atoms with E-state index in [-0.39, 0.29) is 12.0 Å². The highest BCUT2D eigenvalue weighted by molar-refractivity contribution is 5.93. The second-order valence-electron chi connectivity index (χ2n) is 5.32. The van der Waals surface area contributed by atoms with Gasteiger partial charge in [0.2, 0.25) is 5.88 Å². The predicted octanol–water partition coefficient (Wildman–Crippen LogP) is 1.96. The molecule has 1 saturated heterocycles. The van der Waals surface area contributed by atoms with E-state index in [1.807, 2.05) is 18.2 Å². The summed E-state index contributed by atoms with van der Waals surface area (Å²) in [5, 5.41) is 2.82. The number of ether oxygens (including phenoxy) is 2. The third-order valence-electron chi connectivity index (χ3n) is 3.61. The molecule has 3 heterocycles. The summed E-state index contributed by atoms with van der Waals surface area (Å²) in [6, 6.07) is 9.04. The minimum Gasteiger partial charge on any atom is -0.474 e. The standard InChI is InChI=1S/C17H19N3O3/c21-17(20-12-14-3-1-2-8-18-14)13-4-5-16(19-11-13)23-15-6-9-22-10-7-15/h1-5,8,11,15H,6-7,9-10,12H2,(H,20,21). The van der Waals surface area contributed by atoms with Crippen molar-refractivity contribution in [2.45, 2.75) is 25.5 Å². The Morgan fingerprint density at radius 2 is 2.09 bits per heavy atom. The number of hydrogen-bond acceptors (Lipinski definition) is 5. The molecule has 2 aromatic rings. The molecule has 3 rings (SSSR count). The van der Waals surface area contributed by atoms with Gasteiger partial charge in [-0.3, -0.25) is 9.78 Å². The van der Waals surface area contributed by atoms with Crippen LogP contribution in [0.25, 0.3) is 0 Å². The van der Waals surface area contributed by atoms with E-state index in [4.69, 9.17) is 9.47 Å². The van der Waals surface area contributed by atoms with Gasteiger partial charge < -0.3 is 14.8 Å². The van der Waals surface area contributed by atoms with Crippen LogP contribution in [-0.4, -0.2) is 35.2 Å². The fourth-order valence-corrected chi connectivity index (χ4v) is 2.32. The van der Waals surface area contributed by atoms with E-state index in [0.29, 0.717) is 18.0 Å². The molecule has 0 aliphatic carbocycles. The lowest BCUT2D eigenvalue weighted by Crippen LogP contribution is -2.26. The van der Waals surface area contributed by atoms with Crippen LogP contribution in [0.5, 0.6) is 5.88 Å². The molecule has 6 nitrogen and oxygen atoms in total. The average molecular weight is 313 g/mol. The molecular weight excluding hydrogens is 294 g/mol. The Morgan fingerprint density at radius 1 is 1.22 bits per heavy atom. The van der Waals surface area contributed by atoms with Gasteiger partial charge in [-0.2, -0.15) is 0 Å². The third-order valence-corrected chi connectivity index (χ3v) is 3.61. The van der Waals surface area contributed by atoms with Crippen LogP contribution in [0, 0.1) is 0 Å². The zero-order valence-corrected chi connectivity index (χ0v) is 12.8. The molecule has 120 valence electrons. The topological polar surface area (TPSA) is 73.3 Å². The van der Waals surface area contributed by atoms with Gasteiger partial charge in [0.15, 0.2) is 0 Å². The Balaban J connectivity index is 1.52. The van der Waals surface area contributed by atoms with E-state index >= 15 is 0 Å². The molecule has 23 heavy (non-hydrogen) atoms. The van der Waals surface area contributed by atoms with Crippen LogP contribution in [0.3, 0.4) is 0 Å². The maximum Gasteiger partial charge on any atom is 0.253 e. The van der Waals surface area contributed by atoms with Gasteiger partial charge in [-0.05, 0) is 18.2 Å². The quantitative estimate of drug-likeness (QED) is 0.913. The number of carbonyl (C=O) groups excluding carboxylic acids is 1. The molecule has 1 fully saturated rings. The van der Waals surface area contributed by atoms with E-state index in [9.17, 15) is 4.79 Å². The van der Waals surface area contributed by atoms with Gasteiger partial charge in [0.25, 0.3) is 5.91 Å². The number of aromatic nitrogens is 2. The summed E-state index contributed by atoms with van der Waals surface area (Å²) in [6.07, 6.45) is 5.11. The van der Waals surface area contributed by atoms with E-state index in [0.717, 1.165) is 31.7 Å². The first-order valence-corrected chi connectivity index (χ1v) is 7.70. The molecule has 0 aromatic carbocycles. The number of amides is 1. The monoisotopic (exact) mass is 313 g/mol. The van der Waals surface area contributed by atoms with Crippen molar-refractivity contribution < 1.29 is 14.3 Å². The van der Waals surface area contributed by atoms with Crippen LogP contribution < -0.4 is 10.1 Å². The molecule has 2 aromatic heterocycles. The molecule has 0 bridgehead atoms. The minimum absolute atomic E-state index is 0.139.